The molecule has 0 aromatic heterocycles. The highest BCUT2D eigenvalue weighted by atomic mass is 19.1. The summed E-state index contributed by atoms with van der Waals surface area (Å²) in [7, 11) is 0. The first-order valence-electron chi connectivity index (χ1n) is 12.7. The van der Waals surface area contributed by atoms with Crippen LogP contribution in [0.25, 0.3) is 0 Å². The normalized spacial score (nSPS) is 17.9. The van der Waals surface area contributed by atoms with Gasteiger partial charge in [0.05, 0.1) is 18.6 Å². The summed E-state index contributed by atoms with van der Waals surface area (Å²) in [6, 6.07) is 20.5. The fourth-order valence-electron chi connectivity index (χ4n) is 4.26. The van der Waals surface area contributed by atoms with Gasteiger partial charge >= 0.3 is 6.09 Å². The maximum absolute atomic E-state index is 14.8. The van der Waals surface area contributed by atoms with Crippen molar-refractivity contribution in [1.82, 2.24) is 15.5 Å². The maximum atomic E-state index is 14.8. The number of ether oxygens (including phenoxy) is 1. The van der Waals surface area contributed by atoms with Crippen LogP contribution in [0, 0.1) is 5.41 Å². The van der Waals surface area contributed by atoms with Gasteiger partial charge in [0.25, 0.3) is 0 Å². The Kier molecular flexibility index (Phi) is 9.12. The Morgan fingerprint density at radius 3 is 2.22 bits per heavy atom. The van der Waals surface area contributed by atoms with Crippen molar-refractivity contribution in [3.63, 3.8) is 0 Å². The number of nitrogens with zero attached hydrogens (tertiary/aromatic N) is 2. The number of amides is 1. The first-order valence-corrected chi connectivity index (χ1v) is 12.7. The molecule has 0 bridgehead atoms. The third-order valence-corrected chi connectivity index (χ3v) is 5.94. The molecule has 1 aliphatic rings. The summed E-state index contributed by atoms with van der Waals surface area (Å²) < 4.78 is 20.0. The van der Waals surface area contributed by atoms with E-state index in [1.165, 1.54) is 11.1 Å². The number of nitrogens with one attached hydrogen (secondary N) is 2. The second-order valence-electron chi connectivity index (χ2n) is 11.5. The van der Waals surface area contributed by atoms with Gasteiger partial charge in [-0.2, -0.15) is 0 Å². The molecule has 0 radical (unpaired) electrons. The van der Waals surface area contributed by atoms with Gasteiger partial charge in [-0.15, -0.1) is 0 Å². The standard InChI is InChI=1S/C29H41FN4O2/c1-28(2,3)25(31-17-23(30)18-32-27(35)36-29(4,5)6)26-33-24(22-15-11-8-12-16-22)20-34(26)19-21-13-9-7-10-14-21/h7-16,23-25,31H,17-20H2,1-6H3,(H,32,35)/t23-,24?,25-/m0/s1. The third kappa shape index (κ3) is 8.33. The molecule has 36 heavy (non-hydrogen) atoms. The van der Waals surface area contributed by atoms with Crippen LogP contribution < -0.4 is 10.6 Å². The van der Waals surface area contributed by atoms with E-state index in [0.717, 1.165) is 18.9 Å². The molecular weight excluding hydrogens is 455 g/mol. The Balaban J connectivity index is 1.74. The van der Waals surface area contributed by atoms with Crippen LogP contribution in [0.4, 0.5) is 9.18 Å². The van der Waals surface area contributed by atoms with E-state index in [-0.39, 0.29) is 30.6 Å². The molecule has 3 atom stereocenters. The number of amidine groups is 1. The van der Waals surface area contributed by atoms with Crippen molar-refractivity contribution >= 4 is 11.9 Å². The molecule has 1 aliphatic heterocycles. The molecule has 1 amide bonds. The number of hydrogen-bond donors (Lipinski definition) is 2. The Morgan fingerprint density at radius 2 is 1.64 bits per heavy atom. The molecular formula is C29H41FN4O2. The van der Waals surface area contributed by atoms with Crippen molar-refractivity contribution in [2.45, 2.75) is 71.9 Å². The van der Waals surface area contributed by atoms with E-state index in [4.69, 9.17) is 9.73 Å². The van der Waals surface area contributed by atoms with Crippen LogP contribution in [-0.4, -0.2) is 54.3 Å². The van der Waals surface area contributed by atoms with Crippen LogP contribution in [0.15, 0.2) is 65.7 Å². The quantitative estimate of drug-likeness (QED) is 0.481. The molecule has 0 saturated carbocycles. The van der Waals surface area contributed by atoms with E-state index in [2.05, 4.69) is 60.6 Å². The van der Waals surface area contributed by atoms with Crippen LogP contribution in [0.3, 0.4) is 0 Å². The number of carbonyl (C=O) groups is 1. The summed E-state index contributed by atoms with van der Waals surface area (Å²) >= 11 is 0. The highest BCUT2D eigenvalue weighted by Crippen LogP contribution is 2.31. The average Bonchev–Trinajstić information content (AvgIpc) is 3.20. The summed E-state index contributed by atoms with van der Waals surface area (Å²) in [5.41, 5.74) is 1.54. The van der Waals surface area contributed by atoms with Gasteiger partial charge in [0.1, 0.15) is 17.6 Å². The van der Waals surface area contributed by atoms with E-state index in [1.54, 1.807) is 20.8 Å². The Hall–Kier alpha value is -2.93. The van der Waals surface area contributed by atoms with Gasteiger partial charge in [0.15, 0.2) is 0 Å². The molecule has 2 N–H and O–H groups in total. The molecule has 0 saturated heterocycles. The van der Waals surface area contributed by atoms with E-state index in [0.29, 0.717) is 0 Å². The van der Waals surface area contributed by atoms with Crippen LogP contribution in [0.1, 0.15) is 58.7 Å². The van der Waals surface area contributed by atoms with Crippen LogP contribution in [0.5, 0.6) is 0 Å². The minimum Gasteiger partial charge on any atom is -0.444 e. The minimum absolute atomic E-state index is 0.0200. The number of benzene rings is 2. The molecule has 7 heteroatoms. The topological polar surface area (TPSA) is 66.0 Å². The van der Waals surface area contributed by atoms with Gasteiger partial charge in [-0.3, -0.25) is 4.99 Å². The largest absolute Gasteiger partial charge is 0.444 e. The van der Waals surface area contributed by atoms with E-state index in [9.17, 15) is 9.18 Å². The molecule has 3 rings (SSSR count). The predicted molar refractivity (Wildman–Crippen MR) is 144 cm³/mol. The molecule has 1 heterocycles. The van der Waals surface area contributed by atoms with Crippen molar-refractivity contribution in [3.05, 3.63) is 71.8 Å². The zero-order chi connectivity index (χ0) is 26.3. The van der Waals surface area contributed by atoms with Gasteiger partial charge in [-0.25, -0.2) is 9.18 Å². The van der Waals surface area contributed by atoms with Gasteiger partial charge in [-0.1, -0.05) is 81.4 Å². The summed E-state index contributed by atoms with van der Waals surface area (Å²) in [6.45, 7) is 13.2. The lowest BCUT2D eigenvalue weighted by molar-refractivity contribution is 0.0512. The van der Waals surface area contributed by atoms with E-state index < -0.39 is 17.9 Å². The van der Waals surface area contributed by atoms with Crippen molar-refractivity contribution in [2.24, 2.45) is 10.4 Å². The molecule has 0 fully saturated rings. The Morgan fingerprint density at radius 1 is 1.03 bits per heavy atom. The van der Waals surface area contributed by atoms with Gasteiger partial charge < -0.3 is 20.3 Å². The van der Waals surface area contributed by atoms with Gasteiger partial charge in [-0.05, 0) is 37.3 Å². The summed E-state index contributed by atoms with van der Waals surface area (Å²) in [5, 5.41) is 5.95. The van der Waals surface area contributed by atoms with Crippen LogP contribution >= 0.6 is 0 Å². The zero-order valence-electron chi connectivity index (χ0n) is 22.4. The number of alkyl halides is 1. The molecule has 0 aliphatic carbocycles. The molecule has 196 valence electrons. The highest BCUT2D eigenvalue weighted by molar-refractivity contribution is 5.90. The van der Waals surface area contributed by atoms with Crippen molar-refractivity contribution in [1.29, 1.82) is 0 Å². The lowest BCUT2D eigenvalue weighted by atomic mass is 9.85. The van der Waals surface area contributed by atoms with Crippen LogP contribution in [-0.2, 0) is 11.3 Å². The van der Waals surface area contributed by atoms with E-state index in [1.807, 2.05) is 36.4 Å². The number of alkyl carbamates (subject to hydrolysis) is 1. The third-order valence-electron chi connectivity index (χ3n) is 5.94. The number of carbonyl (C=O) groups excluding carboxylic acids is 1. The second-order valence-corrected chi connectivity index (χ2v) is 11.5. The molecule has 0 spiro atoms. The number of aliphatic imine (C=N–C) groups is 1. The smallest absolute Gasteiger partial charge is 0.407 e. The van der Waals surface area contributed by atoms with Crippen LogP contribution in [0.2, 0.25) is 0 Å². The van der Waals surface area contributed by atoms with Gasteiger partial charge in [0.2, 0.25) is 0 Å². The van der Waals surface area contributed by atoms with Crippen molar-refractivity contribution in [3.8, 4) is 0 Å². The SMILES string of the molecule is CC(C)(C)OC(=O)NC[C@@H](F)CN[C@@H](C1=NC(c2ccccc2)CN1Cc1ccccc1)C(C)(C)C. The number of halogens is 1. The molecule has 2 aromatic rings. The maximum Gasteiger partial charge on any atom is 0.407 e. The first kappa shape index (κ1) is 27.7. The first-order chi connectivity index (χ1) is 16.9. The average molecular weight is 497 g/mol. The molecule has 2 aromatic carbocycles. The lowest BCUT2D eigenvalue weighted by Crippen LogP contribution is -2.53. The lowest BCUT2D eigenvalue weighted by Gasteiger charge is -2.36. The Bertz CT molecular complexity index is 999. The number of rotatable bonds is 9. The zero-order valence-corrected chi connectivity index (χ0v) is 22.4. The molecule has 6 nitrogen and oxygen atoms in total. The predicted octanol–water partition coefficient (Wildman–Crippen LogP) is 5.51. The fourth-order valence-corrected chi connectivity index (χ4v) is 4.26. The summed E-state index contributed by atoms with van der Waals surface area (Å²) in [6.07, 6.45) is -1.88. The minimum atomic E-state index is -1.27. The highest BCUT2D eigenvalue weighted by Gasteiger charge is 2.37. The van der Waals surface area contributed by atoms with Crippen molar-refractivity contribution in [2.75, 3.05) is 19.6 Å². The summed E-state index contributed by atoms with van der Waals surface area (Å²) in [5.74, 6) is 0.938. The Labute approximate surface area is 215 Å². The van der Waals surface area contributed by atoms with Crippen molar-refractivity contribution < 1.29 is 13.9 Å². The number of hydrogen-bond acceptors (Lipinski definition) is 5. The second kappa shape index (κ2) is 11.9. The summed E-state index contributed by atoms with van der Waals surface area (Å²) in [4.78, 5) is 19.4. The van der Waals surface area contributed by atoms with E-state index >= 15 is 0 Å². The monoisotopic (exact) mass is 496 g/mol. The fraction of sp³-hybridized carbons (Fsp3) is 0.517. The van der Waals surface area contributed by atoms with Gasteiger partial charge in [0, 0.05) is 19.6 Å². The molecule has 1 unspecified atom stereocenters.